The van der Waals surface area contributed by atoms with Crippen LogP contribution in [0.25, 0.3) is 0 Å². The Kier molecular flexibility index (Phi) is 4.43. The molecule has 3 fully saturated rings. The summed E-state index contributed by atoms with van der Waals surface area (Å²) in [6.45, 7) is 9.95. The van der Waals surface area contributed by atoms with Crippen molar-refractivity contribution in [1.29, 1.82) is 0 Å². The van der Waals surface area contributed by atoms with Gasteiger partial charge in [-0.05, 0) is 58.2 Å². The fraction of sp³-hybridized carbons (Fsp3) is 0.882. The number of morpholine rings is 1. The Bertz CT molecular complexity index is 642. The predicted octanol–water partition coefficient (Wildman–Crippen LogP) is 2.81. The minimum Gasteiger partial charge on any atom is -0.373 e. The summed E-state index contributed by atoms with van der Waals surface area (Å²) in [5, 5.41) is 4.96. The molecule has 0 bridgehead atoms. The summed E-state index contributed by atoms with van der Waals surface area (Å²) in [6, 6.07) is 0.573. The topological polar surface area (TPSA) is 38.5 Å². The summed E-state index contributed by atoms with van der Waals surface area (Å²) in [5.74, 6) is 1.11. The van der Waals surface area contributed by atoms with E-state index in [0.29, 0.717) is 6.04 Å². The zero-order chi connectivity index (χ0) is 16.7. The Hall–Kier alpha value is -0.920. The molecule has 24 heavy (non-hydrogen) atoms. The molecular formula is C17H29N5OS. The van der Waals surface area contributed by atoms with E-state index in [4.69, 9.17) is 22.1 Å². The molecule has 2 saturated heterocycles. The first kappa shape index (κ1) is 16.5. The van der Waals surface area contributed by atoms with Crippen LogP contribution in [-0.2, 0) is 11.4 Å². The van der Waals surface area contributed by atoms with Crippen LogP contribution in [0.4, 0.5) is 5.95 Å². The average molecular weight is 352 g/mol. The van der Waals surface area contributed by atoms with Gasteiger partial charge in [-0.3, -0.25) is 9.47 Å². The van der Waals surface area contributed by atoms with Gasteiger partial charge in [-0.1, -0.05) is 0 Å². The van der Waals surface area contributed by atoms with E-state index in [1.54, 1.807) is 0 Å². The molecule has 0 N–H and O–H groups in total. The van der Waals surface area contributed by atoms with Crippen LogP contribution in [0.3, 0.4) is 0 Å². The standard InChI is InChI=1S/C17H29N5OS/c1-17(2)12-19(10-11-23-17)13-21-16(24)22(14-6-7-14)15(18-21)20-8-4-3-5-9-20/h14H,3-13H2,1-2H3. The van der Waals surface area contributed by atoms with E-state index in [1.165, 1.54) is 32.1 Å². The zero-order valence-corrected chi connectivity index (χ0v) is 15.7. The van der Waals surface area contributed by atoms with E-state index < -0.39 is 0 Å². The molecule has 134 valence electrons. The molecule has 3 aliphatic rings. The van der Waals surface area contributed by atoms with E-state index in [0.717, 1.165) is 50.2 Å². The molecule has 0 unspecified atom stereocenters. The van der Waals surface area contributed by atoms with Crippen LogP contribution in [0.2, 0.25) is 0 Å². The summed E-state index contributed by atoms with van der Waals surface area (Å²) in [7, 11) is 0. The third kappa shape index (κ3) is 3.39. The fourth-order valence-corrected chi connectivity index (χ4v) is 4.22. The molecule has 0 amide bonds. The van der Waals surface area contributed by atoms with Gasteiger partial charge >= 0.3 is 0 Å². The number of ether oxygens (including phenoxy) is 1. The first-order valence-electron chi connectivity index (χ1n) is 9.34. The minimum absolute atomic E-state index is 0.0881. The molecule has 2 aliphatic heterocycles. The first-order valence-corrected chi connectivity index (χ1v) is 9.75. The SMILES string of the molecule is CC1(C)CN(Cn2nc(N3CCCCC3)n(C3CC3)c2=S)CCO1. The van der Waals surface area contributed by atoms with Crippen LogP contribution >= 0.6 is 12.2 Å². The minimum atomic E-state index is -0.0881. The lowest BCUT2D eigenvalue weighted by Gasteiger charge is -2.37. The number of piperidine rings is 1. The van der Waals surface area contributed by atoms with Gasteiger partial charge in [-0.15, -0.1) is 5.10 Å². The van der Waals surface area contributed by atoms with E-state index in [-0.39, 0.29) is 5.60 Å². The highest BCUT2D eigenvalue weighted by molar-refractivity contribution is 7.71. The van der Waals surface area contributed by atoms with Crippen molar-refractivity contribution in [3.8, 4) is 0 Å². The number of anilines is 1. The molecule has 4 rings (SSSR count). The molecule has 3 heterocycles. The lowest BCUT2D eigenvalue weighted by Crippen LogP contribution is -2.48. The second kappa shape index (κ2) is 6.42. The van der Waals surface area contributed by atoms with Crippen molar-refractivity contribution in [3.63, 3.8) is 0 Å². The molecule has 1 aromatic heterocycles. The highest BCUT2D eigenvalue weighted by Gasteiger charge is 2.32. The highest BCUT2D eigenvalue weighted by Crippen LogP contribution is 2.38. The van der Waals surface area contributed by atoms with Gasteiger partial charge in [0, 0.05) is 32.2 Å². The van der Waals surface area contributed by atoms with E-state index >= 15 is 0 Å². The maximum absolute atomic E-state index is 5.83. The van der Waals surface area contributed by atoms with Crippen molar-refractivity contribution < 1.29 is 4.74 Å². The number of hydrogen-bond donors (Lipinski definition) is 0. The zero-order valence-electron chi connectivity index (χ0n) is 14.9. The van der Waals surface area contributed by atoms with Gasteiger partial charge in [0.15, 0.2) is 0 Å². The van der Waals surface area contributed by atoms with Crippen LogP contribution in [0.1, 0.15) is 52.0 Å². The van der Waals surface area contributed by atoms with Crippen molar-refractivity contribution in [2.24, 2.45) is 0 Å². The normalized spacial score (nSPS) is 25.2. The molecule has 1 aliphatic carbocycles. The van der Waals surface area contributed by atoms with Gasteiger partial charge in [0.2, 0.25) is 10.7 Å². The smallest absolute Gasteiger partial charge is 0.226 e. The lowest BCUT2D eigenvalue weighted by molar-refractivity contribution is -0.0946. The van der Waals surface area contributed by atoms with Gasteiger partial charge in [-0.25, -0.2) is 4.68 Å². The Balaban J connectivity index is 1.58. The summed E-state index contributed by atoms with van der Waals surface area (Å²) >= 11 is 5.80. The molecule has 7 heteroatoms. The fourth-order valence-electron chi connectivity index (χ4n) is 3.89. The van der Waals surface area contributed by atoms with E-state index in [9.17, 15) is 0 Å². The second-order valence-corrected chi connectivity index (χ2v) is 8.40. The Morgan fingerprint density at radius 1 is 1.17 bits per heavy atom. The molecular weight excluding hydrogens is 322 g/mol. The molecule has 6 nitrogen and oxygen atoms in total. The van der Waals surface area contributed by atoms with Crippen LogP contribution in [0.5, 0.6) is 0 Å². The van der Waals surface area contributed by atoms with Crippen LogP contribution < -0.4 is 4.90 Å². The van der Waals surface area contributed by atoms with Crippen molar-refractivity contribution in [3.05, 3.63) is 4.77 Å². The monoisotopic (exact) mass is 351 g/mol. The largest absolute Gasteiger partial charge is 0.373 e. The van der Waals surface area contributed by atoms with Gasteiger partial charge in [0.25, 0.3) is 0 Å². The van der Waals surface area contributed by atoms with Crippen molar-refractivity contribution >= 4 is 18.2 Å². The van der Waals surface area contributed by atoms with Gasteiger partial charge in [-0.2, -0.15) is 0 Å². The number of aromatic nitrogens is 3. The summed E-state index contributed by atoms with van der Waals surface area (Å²) < 4.78 is 11.1. The lowest BCUT2D eigenvalue weighted by atomic mass is 10.1. The molecule has 0 radical (unpaired) electrons. The predicted molar refractivity (Wildman–Crippen MR) is 97.0 cm³/mol. The quantitative estimate of drug-likeness (QED) is 0.780. The van der Waals surface area contributed by atoms with Crippen LogP contribution in [0.15, 0.2) is 0 Å². The Morgan fingerprint density at radius 2 is 1.92 bits per heavy atom. The summed E-state index contributed by atoms with van der Waals surface area (Å²) in [5.41, 5.74) is -0.0881. The molecule has 0 spiro atoms. The second-order valence-electron chi connectivity index (χ2n) is 8.03. The molecule has 1 saturated carbocycles. The van der Waals surface area contributed by atoms with Crippen LogP contribution in [-0.4, -0.2) is 57.6 Å². The molecule has 0 aromatic carbocycles. The molecule has 0 atom stereocenters. The third-order valence-corrected chi connectivity index (χ3v) is 5.65. The first-order chi connectivity index (χ1) is 11.5. The van der Waals surface area contributed by atoms with Gasteiger partial charge < -0.3 is 9.64 Å². The van der Waals surface area contributed by atoms with Gasteiger partial charge in [0.05, 0.1) is 18.9 Å². The van der Waals surface area contributed by atoms with Crippen molar-refractivity contribution in [2.75, 3.05) is 37.7 Å². The van der Waals surface area contributed by atoms with Crippen molar-refractivity contribution in [1.82, 2.24) is 19.2 Å². The maximum atomic E-state index is 5.83. The summed E-state index contributed by atoms with van der Waals surface area (Å²) in [4.78, 5) is 4.85. The van der Waals surface area contributed by atoms with Crippen LogP contribution in [0, 0.1) is 4.77 Å². The Labute approximate surface area is 149 Å². The summed E-state index contributed by atoms with van der Waals surface area (Å²) in [6.07, 6.45) is 6.35. The van der Waals surface area contributed by atoms with E-state index in [1.807, 2.05) is 4.68 Å². The number of rotatable bonds is 4. The average Bonchev–Trinajstić information content (AvgIpc) is 3.33. The number of nitrogens with zero attached hydrogens (tertiary/aromatic N) is 5. The van der Waals surface area contributed by atoms with E-state index in [2.05, 4.69) is 28.2 Å². The Morgan fingerprint density at radius 3 is 2.58 bits per heavy atom. The highest BCUT2D eigenvalue weighted by atomic mass is 32.1. The maximum Gasteiger partial charge on any atom is 0.226 e. The molecule has 1 aromatic rings. The van der Waals surface area contributed by atoms with Gasteiger partial charge in [0.1, 0.15) is 0 Å². The number of hydrogen-bond acceptors (Lipinski definition) is 5. The van der Waals surface area contributed by atoms with Crippen molar-refractivity contribution in [2.45, 2.75) is 64.3 Å². The third-order valence-electron chi connectivity index (χ3n) is 5.24.